The first-order valence-corrected chi connectivity index (χ1v) is 17.1. The Hall–Kier alpha value is -5.24. The quantitative estimate of drug-likeness (QED) is 0.121. The number of rotatable bonds is 12. The van der Waals surface area contributed by atoms with Crippen LogP contribution in [0.3, 0.4) is 0 Å². The summed E-state index contributed by atoms with van der Waals surface area (Å²) in [5.41, 5.74) is 4.87. The molecule has 5 aromatic carbocycles. The Balaban J connectivity index is 1.53. The van der Waals surface area contributed by atoms with E-state index >= 15 is 0 Å². The molecule has 5 nitrogen and oxygen atoms in total. The summed E-state index contributed by atoms with van der Waals surface area (Å²) in [7, 11) is 1.36. The molecule has 1 atom stereocenters. The number of carbonyl (C=O) groups is 1. The molecule has 0 spiro atoms. The molecular weight excluding hydrogens is 637 g/mol. The predicted molar refractivity (Wildman–Crippen MR) is 193 cm³/mol. The first kappa shape index (κ1) is 34.6. The third-order valence-corrected chi connectivity index (χ3v) is 9.14. The maximum atomic E-state index is 13.9. The molecule has 50 heavy (non-hydrogen) atoms. The highest BCUT2D eigenvalue weighted by molar-refractivity contribution is 5.92. The zero-order chi connectivity index (χ0) is 35.3. The number of hydrogen-bond donors (Lipinski definition) is 0. The summed E-state index contributed by atoms with van der Waals surface area (Å²) in [6, 6.07) is 34.0. The molecule has 0 saturated heterocycles. The number of anilines is 4. The molecule has 0 bridgehead atoms. The lowest BCUT2D eigenvalue weighted by Gasteiger charge is -2.33. The molecule has 0 amide bonds. The molecule has 1 heterocycles. The SMILES string of the molecule is CCCCN(CCCC)c1ccc2c(c1)Oc1ccc(N(c3ccccc3)c3cccc(C(F)(F)F)c3)cc1C2c1ccccc1C(=O)OC. The summed E-state index contributed by atoms with van der Waals surface area (Å²) in [5.74, 6) is 0.414. The van der Waals surface area contributed by atoms with Gasteiger partial charge in [-0.25, -0.2) is 4.79 Å². The second kappa shape index (κ2) is 15.1. The van der Waals surface area contributed by atoms with Crippen molar-refractivity contribution >= 4 is 28.7 Å². The van der Waals surface area contributed by atoms with Crippen LogP contribution in [0.2, 0.25) is 0 Å². The van der Waals surface area contributed by atoms with Crippen LogP contribution in [0.4, 0.5) is 35.9 Å². The standard InChI is InChI=1S/C42H41F3N2O3/c1-4-6-24-46(25-7-5-2)31-20-22-36-39(28-31)50-38-23-21-33(27-37(38)40(36)34-18-11-12-19-35(34)41(48)49-3)47(30-15-9-8-10-16-30)32-17-13-14-29(26-32)42(43,44)45/h8-23,26-28,40H,4-7,24-25H2,1-3H3. The number of alkyl halides is 3. The average Bonchev–Trinajstić information content (AvgIpc) is 3.14. The second-order valence-electron chi connectivity index (χ2n) is 12.5. The lowest BCUT2D eigenvalue weighted by Crippen LogP contribution is -2.26. The van der Waals surface area contributed by atoms with Crippen molar-refractivity contribution in [2.45, 2.75) is 51.6 Å². The maximum absolute atomic E-state index is 13.9. The summed E-state index contributed by atoms with van der Waals surface area (Å²) in [5, 5.41) is 0. The van der Waals surface area contributed by atoms with Crippen molar-refractivity contribution in [2.24, 2.45) is 0 Å². The number of carbonyl (C=O) groups excluding carboxylic acids is 1. The van der Waals surface area contributed by atoms with Crippen LogP contribution in [0, 0.1) is 0 Å². The largest absolute Gasteiger partial charge is 0.465 e. The molecule has 0 aromatic heterocycles. The van der Waals surface area contributed by atoms with E-state index in [2.05, 4.69) is 36.9 Å². The number of esters is 1. The van der Waals surface area contributed by atoms with Crippen molar-refractivity contribution in [1.82, 2.24) is 0 Å². The molecule has 1 aliphatic rings. The second-order valence-corrected chi connectivity index (χ2v) is 12.5. The van der Waals surface area contributed by atoms with Crippen molar-refractivity contribution in [3.8, 4) is 11.5 Å². The first-order chi connectivity index (χ1) is 24.2. The van der Waals surface area contributed by atoms with Crippen molar-refractivity contribution in [2.75, 3.05) is 30.0 Å². The third kappa shape index (κ3) is 7.20. The molecule has 0 fully saturated rings. The number of para-hydroxylation sites is 1. The summed E-state index contributed by atoms with van der Waals surface area (Å²) >= 11 is 0. The predicted octanol–water partition coefficient (Wildman–Crippen LogP) is 11.7. The average molecular weight is 679 g/mol. The van der Waals surface area contributed by atoms with Crippen LogP contribution in [0.25, 0.3) is 0 Å². The molecule has 0 N–H and O–H groups in total. The smallest absolute Gasteiger partial charge is 0.416 e. The van der Waals surface area contributed by atoms with Crippen molar-refractivity contribution < 1.29 is 27.4 Å². The molecule has 1 aliphatic heterocycles. The number of methoxy groups -OCH3 is 1. The van der Waals surface area contributed by atoms with Gasteiger partial charge in [0.25, 0.3) is 0 Å². The van der Waals surface area contributed by atoms with E-state index < -0.39 is 23.6 Å². The number of ether oxygens (including phenoxy) is 2. The third-order valence-electron chi connectivity index (χ3n) is 9.14. The highest BCUT2D eigenvalue weighted by atomic mass is 19.4. The Morgan fingerprint density at radius 2 is 1.34 bits per heavy atom. The lowest BCUT2D eigenvalue weighted by atomic mass is 9.80. The van der Waals surface area contributed by atoms with Gasteiger partial charge in [0.05, 0.1) is 18.2 Å². The van der Waals surface area contributed by atoms with Crippen LogP contribution < -0.4 is 14.5 Å². The highest BCUT2D eigenvalue weighted by Crippen LogP contribution is 2.51. The number of benzene rings is 5. The van der Waals surface area contributed by atoms with Gasteiger partial charge in [-0.1, -0.05) is 75.2 Å². The number of hydrogen-bond acceptors (Lipinski definition) is 5. The minimum absolute atomic E-state index is 0.360. The summed E-state index contributed by atoms with van der Waals surface area (Å²) in [6.07, 6.45) is -0.173. The van der Waals surface area contributed by atoms with Crippen LogP contribution >= 0.6 is 0 Å². The normalized spacial score (nSPS) is 13.5. The van der Waals surface area contributed by atoms with Gasteiger partial charge in [-0.3, -0.25) is 0 Å². The van der Waals surface area contributed by atoms with Gasteiger partial charge < -0.3 is 19.3 Å². The minimum Gasteiger partial charge on any atom is -0.465 e. The number of fused-ring (bicyclic) bond motifs is 2. The van der Waals surface area contributed by atoms with Gasteiger partial charge in [0.2, 0.25) is 0 Å². The Kier molecular flexibility index (Phi) is 10.5. The first-order valence-electron chi connectivity index (χ1n) is 17.1. The molecule has 1 unspecified atom stereocenters. The summed E-state index contributed by atoms with van der Waals surface area (Å²) in [4.78, 5) is 17.3. The molecule has 0 radical (unpaired) electrons. The monoisotopic (exact) mass is 678 g/mol. The van der Waals surface area contributed by atoms with Crippen LogP contribution in [0.15, 0.2) is 115 Å². The molecule has 6 rings (SSSR count). The van der Waals surface area contributed by atoms with E-state index in [-0.39, 0.29) is 0 Å². The van der Waals surface area contributed by atoms with E-state index in [9.17, 15) is 18.0 Å². The zero-order valence-electron chi connectivity index (χ0n) is 28.5. The molecule has 0 saturated carbocycles. The van der Waals surface area contributed by atoms with Gasteiger partial charge in [-0.05, 0) is 79.1 Å². The van der Waals surface area contributed by atoms with E-state index in [1.54, 1.807) is 23.1 Å². The van der Waals surface area contributed by atoms with Crippen LogP contribution in [-0.4, -0.2) is 26.2 Å². The number of nitrogens with zero attached hydrogens (tertiary/aromatic N) is 2. The summed E-state index contributed by atoms with van der Waals surface area (Å²) in [6.45, 7) is 6.26. The Morgan fingerprint density at radius 3 is 2.04 bits per heavy atom. The van der Waals surface area contributed by atoms with Crippen LogP contribution in [0.5, 0.6) is 11.5 Å². The van der Waals surface area contributed by atoms with E-state index in [4.69, 9.17) is 9.47 Å². The Labute approximate surface area is 291 Å². The summed E-state index contributed by atoms with van der Waals surface area (Å²) < 4.78 is 53.6. The van der Waals surface area contributed by atoms with E-state index in [0.29, 0.717) is 34.1 Å². The van der Waals surface area contributed by atoms with Gasteiger partial charge in [0, 0.05) is 59.0 Å². The van der Waals surface area contributed by atoms with E-state index in [1.807, 2.05) is 60.7 Å². The highest BCUT2D eigenvalue weighted by Gasteiger charge is 2.34. The zero-order valence-corrected chi connectivity index (χ0v) is 28.5. The molecule has 258 valence electrons. The van der Waals surface area contributed by atoms with Gasteiger partial charge in [-0.2, -0.15) is 13.2 Å². The fraction of sp³-hybridized carbons (Fsp3) is 0.262. The van der Waals surface area contributed by atoms with E-state index in [0.717, 1.165) is 73.3 Å². The molecule has 8 heteroatoms. The van der Waals surface area contributed by atoms with Crippen LogP contribution in [-0.2, 0) is 10.9 Å². The maximum Gasteiger partial charge on any atom is 0.416 e. The van der Waals surface area contributed by atoms with Gasteiger partial charge in [-0.15, -0.1) is 0 Å². The van der Waals surface area contributed by atoms with Gasteiger partial charge >= 0.3 is 12.1 Å². The van der Waals surface area contributed by atoms with E-state index in [1.165, 1.54) is 13.2 Å². The molecule has 5 aromatic rings. The topological polar surface area (TPSA) is 42.0 Å². The lowest BCUT2D eigenvalue weighted by molar-refractivity contribution is -0.137. The van der Waals surface area contributed by atoms with Crippen LogP contribution in [0.1, 0.15) is 78.1 Å². The van der Waals surface area contributed by atoms with Gasteiger partial charge in [0.15, 0.2) is 0 Å². The fourth-order valence-electron chi connectivity index (χ4n) is 6.62. The Bertz CT molecular complexity index is 1940. The molecular formula is C42H41F3N2O3. The van der Waals surface area contributed by atoms with Crippen molar-refractivity contribution in [3.63, 3.8) is 0 Å². The molecule has 0 aliphatic carbocycles. The number of unbranched alkanes of at least 4 members (excludes halogenated alkanes) is 2. The minimum atomic E-state index is -4.50. The van der Waals surface area contributed by atoms with Crippen molar-refractivity contribution in [1.29, 1.82) is 0 Å². The fourth-order valence-corrected chi connectivity index (χ4v) is 6.62. The van der Waals surface area contributed by atoms with Crippen molar-refractivity contribution in [3.05, 3.63) is 143 Å². The Morgan fingerprint density at radius 1 is 0.680 bits per heavy atom. The van der Waals surface area contributed by atoms with Gasteiger partial charge in [0.1, 0.15) is 11.5 Å². The number of halogens is 3.